The van der Waals surface area contributed by atoms with Gasteiger partial charge in [0, 0.05) is 19.3 Å². The highest BCUT2D eigenvalue weighted by molar-refractivity contribution is 5.51. The lowest BCUT2D eigenvalue weighted by atomic mass is 9.99. The van der Waals surface area contributed by atoms with Crippen molar-refractivity contribution in [3.05, 3.63) is 65.0 Å². The molecule has 20 heavy (non-hydrogen) atoms. The molecule has 0 spiro atoms. The number of halogens is 1. The van der Waals surface area contributed by atoms with Crippen molar-refractivity contribution in [1.29, 1.82) is 0 Å². The second-order valence-corrected chi connectivity index (χ2v) is 5.20. The Morgan fingerprint density at radius 1 is 1.15 bits per heavy atom. The molecule has 2 rings (SSSR count). The van der Waals surface area contributed by atoms with Crippen molar-refractivity contribution in [3.63, 3.8) is 0 Å². The first kappa shape index (κ1) is 14.5. The highest BCUT2D eigenvalue weighted by Gasteiger charge is 2.18. The van der Waals surface area contributed by atoms with Crippen LogP contribution >= 0.6 is 0 Å². The summed E-state index contributed by atoms with van der Waals surface area (Å²) in [5.74, 6) is -0.221. The maximum Gasteiger partial charge on any atom is 0.123 e. The van der Waals surface area contributed by atoms with E-state index in [1.165, 1.54) is 11.6 Å². The van der Waals surface area contributed by atoms with E-state index in [1.807, 2.05) is 26.1 Å². The zero-order valence-corrected chi connectivity index (χ0v) is 12.2. The molecule has 3 heteroatoms. The predicted molar refractivity (Wildman–Crippen MR) is 82.5 cm³/mol. The molecule has 0 amide bonds. The lowest BCUT2D eigenvalue weighted by Gasteiger charge is -2.31. The summed E-state index contributed by atoms with van der Waals surface area (Å²) in [6.45, 7) is 4.48. The molecule has 106 valence electrons. The van der Waals surface area contributed by atoms with E-state index in [0.717, 1.165) is 16.8 Å². The van der Waals surface area contributed by atoms with Crippen molar-refractivity contribution in [2.45, 2.75) is 19.9 Å². The summed E-state index contributed by atoms with van der Waals surface area (Å²) in [7, 11) is 2.00. The molecule has 1 atom stereocenters. The second kappa shape index (κ2) is 6.06. The monoisotopic (exact) mass is 272 g/mol. The Labute approximate surface area is 120 Å². The first-order valence-electron chi connectivity index (χ1n) is 6.78. The number of benzene rings is 2. The summed E-state index contributed by atoms with van der Waals surface area (Å²) in [4.78, 5) is 2.11. The van der Waals surface area contributed by atoms with Crippen molar-refractivity contribution >= 4 is 5.69 Å². The van der Waals surface area contributed by atoms with Gasteiger partial charge in [-0.2, -0.15) is 0 Å². The van der Waals surface area contributed by atoms with Crippen LogP contribution in [0.2, 0.25) is 0 Å². The molecule has 0 aliphatic heterocycles. The van der Waals surface area contributed by atoms with Crippen LogP contribution in [0.4, 0.5) is 10.1 Å². The van der Waals surface area contributed by atoms with Crippen LogP contribution in [0, 0.1) is 19.7 Å². The lowest BCUT2D eigenvalue weighted by molar-refractivity contribution is 0.613. The summed E-state index contributed by atoms with van der Waals surface area (Å²) in [6.07, 6.45) is 0. The third kappa shape index (κ3) is 2.99. The average Bonchev–Trinajstić information content (AvgIpc) is 2.43. The third-order valence-electron chi connectivity index (χ3n) is 3.70. The molecule has 0 aliphatic rings. The molecule has 0 heterocycles. The predicted octanol–water partition coefficient (Wildman–Crippen LogP) is 3.58. The minimum Gasteiger partial charge on any atom is -0.366 e. The van der Waals surface area contributed by atoms with Gasteiger partial charge in [-0.1, -0.05) is 18.2 Å². The topological polar surface area (TPSA) is 29.3 Å². The summed E-state index contributed by atoms with van der Waals surface area (Å²) in [5, 5.41) is 0. The highest BCUT2D eigenvalue weighted by atomic mass is 19.1. The summed E-state index contributed by atoms with van der Waals surface area (Å²) >= 11 is 0. The Morgan fingerprint density at radius 2 is 1.90 bits per heavy atom. The number of nitrogens with zero attached hydrogens (tertiary/aromatic N) is 1. The van der Waals surface area contributed by atoms with E-state index in [1.54, 1.807) is 12.1 Å². The first-order chi connectivity index (χ1) is 9.52. The van der Waals surface area contributed by atoms with Crippen molar-refractivity contribution in [3.8, 4) is 0 Å². The maximum atomic E-state index is 13.5. The van der Waals surface area contributed by atoms with Crippen molar-refractivity contribution in [1.82, 2.24) is 0 Å². The van der Waals surface area contributed by atoms with Crippen molar-refractivity contribution < 1.29 is 4.39 Å². The van der Waals surface area contributed by atoms with Gasteiger partial charge in [-0.15, -0.1) is 0 Å². The van der Waals surface area contributed by atoms with Crippen LogP contribution < -0.4 is 10.6 Å². The lowest BCUT2D eigenvalue weighted by Crippen LogP contribution is -2.31. The SMILES string of the molecule is Cc1cccc(N(C)C(CN)c2cc(F)ccc2C)c1. The number of anilines is 1. The van der Waals surface area contributed by atoms with Gasteiger partial charge in [-0.25, -0.2) is 4.39 Å². The molecule has 0 saturated heterocycles. The van der Waals surface area contributed by atoms with Gasteiger partial charge in [0.15, 0.2) is 0 Å². The molecule has 2 N–H and O–H groups in total. The van der Waals surface area contributed by atoms with Crippen molar-refractivity contribution in [2.75, 3.05) is 18.5 Å². The highest BCUT2D eigenvalue weighted by Crippen LogP contribution is 2.28. The second-order valence-electron chi connectivity index (χ2n) is 5.20. The first-order valence-corrected chi connectivity index (χ1v) is 6.78. The van der Waals surface area contributed by atoms with Gasteiger partial charge in [0.2, 0.25) is 0 Å². The van der Waals surface area contributed by atoms with Gasteiger partial charge in [0.05, 0.1) is 6.04 Å². The molecule has 0 bridgehead atoms. The molecule has 0 aliphatic carbocycles. The molecular weight excluding hydrogens is 251 g/mol. The Hall–Kier alpha value is -1.87. The molecule has 0 aromatic heterocycles. The molecule has 0 radical (unpaired) electrons. The maximum absolute atomic E-state index is 13.5. The number of nitrogens with two attached hydrogens (primary N) is 1. The summed E-state index contributed by atoms with van der Waals surface area (Å²) in [5.41, 5.74) is 10.2. The van der Waals surface area contributed by atoms with E-state index in [4.69, 9.17) is 5.73 Å². The van der Waals surface area contributed by atoms with Gasteiger partial charge in [0.25, 0.3) is 0 Å². The van der Waals surface area contributed by atoms with Crippen LogP contribution in [0.15, 0.2) is 42.5 Å². The third-order valence-corrected chi connectivity index (χ3v) is 3.70. The normalized spacial score (nSPS) is 12.2. The van der Waals surface area contributed by atoms with Gasteiger partial charge in [0.1, 0.15) is 5.82 Å². The van der Waals surface area contributed by atoms with E-state index in [9.17, 15) is 4.39 Å². The minimum atomic E-state index is -0.221. The van der Waals surface area contributed by atoms with Crippen LogP contribution in [-0.4, -0.2) is 13.6 Å². The Morgan fingerprint density at radius 3 is 2.55 bits per heavy atom. The minimum absolute atomic E-state index is 0.0347. The van der Waals surface area contributed by atoms with Gasteiger partial charge in [-0.3, -0.25) is 0 Å². The summed E-state index contributed by atoms with van der Waals surface area (Å²) < 4.78 is 13.5. The Balaban J connectivity index is 2.39. The Bertz CT molecular complexity index is 595. The number of rotatable bonds is 4. The molecule has 0 fully saturated rings. The van der Waals surface area contributed by atoms with Gasteiger partial charge < -0.3 is 10.6 Å². The van der Waals surface area contributed by atoms with E-state index in [0.29, 0.717) is 6.54 Å². The van der Waals surface area contributed by atoms with E-state index in [-0.39, 0.29) is 11.9 Å². The van der Waals surface area contributed by atoms with Crippen LogP contribution in [0.5, 0.6) is 0 Å². The van der Waals surface area contributed by atoms with Crippen LogP contribution in [0.3, 0.4) is 0 Å². The fourth-order valence-electron chi connectivity index (χ4n) is 2.49. The zero-order chi connectivity index (χ0) is 14.7. The molecule has 0 saturated carbocycles. The number of likely N-dealkylation sites (N-methyl/N-ethyl adjacent to an activating group) is 1. The number of hydrogen-bond acceptors (Lipinski definition) is 2. The molecule has 2 aromatic rings. The molecule has 1 unspecified atom stereocenters. The van der Waals surface area contributed by atoms with Crippen LogP contribution in [0.1, 0.15) is 22.7 Å². The van der Waals surface area contributed by atoms with Crippen LogP contribution in [-0.2, 0) is 0 Å². The van der Waals surface area contributed by atoms with E-state index >= 15 is 0 Å². The number of hydrogen-bond donors (Lipinski definition) is 1. The standard InChI is InChI=1S/C17H21FN2/c1-12-5-4-6-15(9-12)20(3)17(11-19)16-10-14(18)8-7-13(16)2/h4-10,17H,11,19H2,1-3H3. The Kier molecular flexibility index (Phi) is 4.40. The fraction of sp³-hybridized carbons (Fsp3) is 0.294. The van der Waals surface area contributed by atoms with Gasteiger partial charge >= 0.3 is 0 Å². The fourth-order valence-corrected chi connectivity index (χ4v) is 2.49. The zero-order valence-electron chi connectivity index (χ0n) is 12.2. The van der Waals surface area contributed by atoms with Crippen molar-refractivity contribution in [2.24, 2.45) is 5.73 Å². The number of aryl methyl sites for hydroxylation is 2. The van der Waals surface area contributed by atoms with Gasteiger partial charge in [-0.05, 0) is 54.8 Å². The van der Waals surface area contributed by atoms with Crippen LogP contribution in [0.25, 0.3) is 0 Å². The molecular formula is C17H21FN2. The van der Waals surface area contributed by atoms with E-state index in [2.05, 4.69) is 24.0 Å². The average molecular weight is 272 g/mol. The summed E-state index contributed by atoms with van der Waals surface area (Å²) in [6, 6.07) is 13.1. The smallest absolute Gasteiger partial charge is 0.123 e. The molecule has 2 nitrogen and oxygen atoms in total. The largest absolute Gasteiger partial charge is 0.366 e. The van der Waals surface area contributed by atoms with E-state index < -0.39 is 0 Å². The quantitative estimate of drug-likeness (QED) is 0.921. The molecule has 2 aromatic carbocycles.